The molecule has 0 radical (unpaired) electrons. The molecule has 2 aromatic carbocycles. The minimum atomic E-state index is -0.429. The zero-order valence-corrected chi connectivity index (χ0v) is 17.5. The van der Waals surface area contributed by atoms with Crippen LogP contribution in [-0.4, -0.2) is 19.6 Å². The summed E-state index contributed by atoms with van der Waals surface area (Å²) in [6.45, 7) is 1.27. The summed E-state index contributed by atoms with van der Waals surface area (Å²) < 4.78 is 13.1. The lowest BCUT2D eigenvalue weighted by Gasteiger charge is -2.28. The SMILES string of the molecule is COC(=O)C1NCCc2cc(I)c(OCc3ccccc3)c(I)c21. The number of nitrogens with one attached hydrogen (secondary N) is 1. The highest BCUT2D eigenvalue weighted by Gasteiger charge is 2.31. The number of hydrogen-bond acceptors (Lipinski definition) is 4. The number of carbonyl (C=O) groups is 1. The summed E-state index contributed by atoms with van der Waals surface area (Å²) in [6.07, 6.45) is 0.897. The molecule has 3 rings (SSSR count). The molecule has 0 amide bonds. The van der Waals surface area contributed by atoms with Crippen LogP contribution in [0, 0.1) is 7.14 Å². The minimum absolute atomic E-state index is 0.260. The molecule has 24 heavy (non-hydrogen) atoms. The van der Waals surface area contributed by atoms with Gasteiger partial charge in [-0.15, -0.1) is 0 Å². The third kappa shape index (κ3) is 3.70. The number of hydrogen-bond donors (Lipinski definition) is 1. The van der Waals surface area contributed by atoms with E-state index in [-0.39, 0.29) is 5.97 Å². The van der Waals surface area contributed by atoms with Crippen LogP contribution in [0.2, 0.25) is 0 Å². The monoisotopic (exact) mass is 549 g/mol. The Morgan fingerprint density at radius 3 is 2.75 bits per heavy atom. The van der Waals surface area contributed by atoms with Crippen LogP contribution in [0.3, 0.4) is 0 Å². The van der Waals surface area contributed by atoms with Gasteiger partial charge in [0.1, 0.15) is 18.4 Å². The topological polar surface area (TPSA) is 47.6 Å². The van der Waals surface area contributed by atoms with Crippen molar-refractivity contribution in [3.8, 4) is 5.75 Å². The number of fused-ring (bicyclic) bond motifs is 1. The van der Waals surface area contributed by atoms with Crippen molar-refractivity contribution in [3.63, 3.8) is 0 Å². The first-order valence-electron chi connectivity index (χ1n) is 7.60. The van der Waals surface area contributed by atoms with Gasteiger partial charge in [0.2, 0.25) is 0 Å². The van der Waals surface area contributed by atoms with Crippen molar-refractivity contribution in [1.29, 1.82) is 0 Å². The lowest BCUT2D eigenvalue weighted by Crippen LogP contribution is -2.36. The number of methoxy groups -OCH3 is 1. The number of rotatable bonds is 4. The van der Waals surface area contributed by atoms with Gasteiger partial charge < -0.3 is 14.8 Å². The van der Waals surface area contributed by atoms with Crippen molar-refractivity contribution >= 4 is 51.2 Å². The molecule has 1 heterocycles. The molecule has 1 atom stereocenters. The third-order valence-electron chi connectivity index (χ3n) is 3.99. The van der Waals surface area contributed by atoms with Gasteiger partial charge in [-0.05, 0) is 68.8 Å². The highest BCUT2D eigenvalue weighted by Crippen LogP contribution is 2.38. The first-order chi connectivity index (χ1) is 11.6. The lowest BCUT2D eigenvalue weighted by atomic mass is 9.94. The predicted octanol–water partition coefficient (Wildman–Crippen LogP) is 3.83. The summed E-state index contributed by atoms with van der Waals surface area (Å²) in [5, 5.41) is 3.25. The first kappa shape index (κ1) is 17.9. The fourth-order valence-corrected chi connectivity index (χ4v) is 5.24. The lowest BCUT2D eigenvalue weighted by molar-refractivity contribution is -0.143. The quantitative estimate of drug-likeness (QED) is 0.466. The molecule has 6 heteroatoms. The second kappa shape index (κ2) is 8.01. The Morgan fingerprint density at radius 1 is 1.29 bits per heavy atom. The van der Waals surface area contributed by atoms with Crippen LogP contribution < -0.4 is 10.1 Å². The standard InChI is InChI=1S/C18H17I2NO3/c1-23-18(22)16-14-12(7-8-21-16)9-13(19)17(15(14)20)24-10-11-5-3-2-4-6-11/h2-6,9,16,21H,7-8,10H2,1H3. The summed E-state index contributed by atoms with van der Waals surface area (Å²) in [5.74, 6) is 0.570. The van der Waals surface area contributed by atoms with E-state index < -0.39 is 6.04 Å². The molecule has 1 N–H and O–H groups in total. The van der Waals surface area contributed by atoms with E-state index in [4.69, 9.17) is 9.47 Å². The number of halogens is 2. The van der Waals surface area contributed by atoms with Crippen LogP contribution in [0.4, 0.5) is 0 Å². The maximum atomic E-state index is 12.1. The van der Waals surface area contributed by atoms with Crippen LogP contribution in [0.15, 0.2) is 36.4 Å². The van der Waals surface area contributed by atoms with Gasteiger partial charge in [0, 0.05) is 12.1 Å². The molecule has 0 spiro atoms. The Kier molecular flexibility index (Phi) is 5.98. The molecule has 0 aliphatic carbocycles. The highest BCUT2D eigenvalue weighted by atomic mass is 127. The van der Waals surface area contributed by atoms with Crippen molar-refractivity contribution in [1.82, 2.24) is 5.32 Å². The predicted molar refractivity (Wildman–Crippen MR) is 109 cm³/mol. The fraction of sp³-hybridized carbons (Fsp3) is 0.278. The zero-order chi connectivity index (χ0) is 17.1. The average molecular weight is 549 g/mol. The summed E-state index contributed by atoms with van der Waals surface area (Å²) >= 11 is 4.58. The molecule has 1 aliphatic heterocycles. The van der Waals surface area contributed by atoms with E-state index in [1.807, 2.05) is 30.3 Å². The van der Waals surface area contributed by atoms with Gasteiger partial charge in [-0.2, -0.15) is 0 Å². The minimum Gasteiger partial charge on any atom is -0.487 e. The molecule has 0 bridgehead atoms. The van der Waals surface area contributed by atoms with Crippen LogP contribution >= 0.6 is 45.2 Å². The van der Waals surface area contributed by atoms with Crippen molar-refractivity contribution in [2.45, 2.75) is 19.1 Å². The van der Waals surface area contributed by atoms with Crippen molar-refractivity contribution in [2.75, 3.05) is 13.7 Å². The Hall–Kier alpha value is -0.870. The maximum Gasteiger partial charge on any atom is 0.327 e. The second-order valence-corrected chi connectivity index (χ2v) is 7.75. The van der Waals surface area contributed by atoms with Gasteiger partial charge in [-0.1, -0.05) is 30.3 Å². The van der Waals surface area contributed by atoms with Gasteiger partial charge in [0.25, 0.3) is 0 Å². The molecule has 0 aromatic heterocycles. The van der Waals surface area contributed by atoms with E-state index in [9.17, 15) is 4.79 Å². The number of ether oxygens (including phenoxy) is 2. The van der Waals surface area contributed by atoms with Gasteiger partial charge in [0.05, 0.1) is 14.3 Å². The van der Waals surface area contributed by atoms with Gasteiger partial charge in [-0.3, -0.25) is 0 Å². The van der Waals surface area contributed by atoms with Crippen LogP contribution in [0.25, 0.3) is 0 Å². The molecule has 1 aliphatic rings. The van der Waals surface area contributed by atoms with E-state index in [0.717, 1.165) is 37.0 Å². The van der Waals surface area contributed by atoms with Crippen LogP contribution in [-0.2, 0) is 22.6 Å². The molecular weight excluding hydrogens is 532 g/mol. The van der Waals surface area contributed by atoms with E-state index in [2.05, 4.69) is 56.6 Å². The van der Waals surface area contributed by atoms with Gasteiger partial charge >= 0.3 is 5.97 Å². The maximum absolute atomic E-state index is 12.1. The van der Waals surface area contributed by atoms with E-state index in [1.54, 1.807) is 0 Å². The molecule has 126 valence electrons. The van der Waals surface area contributed by atoms with Crippen LogP contribution in [0.1, 0.15) is 22.7 Å². The highest BCUT2D eigenvalue weighted by molar-refractivity contribution is 14.1. The van der Waals surface area contributed by atoms with Crippen molar-refractivity contribution in [2.24, 2.45) is 0 Å². The fourth-order valence-electron chi connectivity index (χ4n) is 2.82. The molecule has 0 fully saturated rings. The largest absolute Gasteiger partial charge is 0.487 e. The average Bonchev–Trinajstić information content (AvgIpc) is 2.61. The summed E-state index contributed by atoms with van der Waals surface area (Å²) in [7, 11) is 1.42. The molecular formula is C18H17I2NO3. The van der Waals surface area contributed by atoms with E-state index in [1.165, 1.54) is 12.7 Å². The smallest absolute Gasteiger partial charge is 0.327 e. The Labute approximate surface area is 168 Å². The molecule has 0 saturated heterocycles. The summed E-state index contributed by atoms with van der Waals surface area (Å²) in [4.78, 5) is 12.1. The summed E-state index contributed by atoms with van der Waals surface area (Å²) in [6, 6.07) is 11.8. The zero-order valence-electron chi connectivity index (χ0n) is 13.1. The Morgan fingerprint density at radius 2 is 2.04 bits per heavy atom. The Bertz CT molecular complexity index is 750. The molecule has 0 saturated carbocycles. The first-order valence-corrected chi connectivity index (χ1v) is 9.76. The molecule has 1 unspecified atom stereocenters. The number of carbonyl (C=O) groups excluding carboxylic acids is 1. The number of esters is 1. The Balaban J connectivity index is 1.94. The van der Waals surface area contributed by atoms with Crippen LogP contribution in [0.5, 0.6) is 5.75 Å². The van der Waals surface area contributed by atoms with Crippen molar-refractivity contribution < 1.29 is 14.3 Å². The van der Waals surface area contributed by atoms with E-state index in [0.29, 0.717) is 6.61 Å². The second-order valence-electron chi connectivity index (χ2n) is 5.51. The van der Waals surface area contributed by atoms with Crippen molar-refractivity contribution in [3.05, 3.63) is 60.2 Å². The van der Waals surface area contributed by atoms with Gasteiger partial charge in [0.15, 0.2) is 0 Å². The normalized spacial score (nSPS) is 16.4. The molecule has 4 nitrogen and oxygen atoms in total. The van der Waals surface area contributed by atoms with Gasteiger partial charge in [-0.25, -0.2) is 4.79 Å². The third-order valence-corrected chi connectivity index (χ3v) is 5.87. The van der Waals surface area contributed by atoms with E-state index >= 15 is 0 Å². The summed E-state index contributed by atoms with van der Waals surface area (Å²) in [5.41, 5.74) is 3.28. The number of benzene rings is 2. The molecule has 2 aromatic rings.